The Hall–Kier alpha value is -9.35. The Bertz CT molecular complexity index is 3660. The molecule has 2 fully saturated rings. The van der Waals surface area contributed by atoms with Gasteiger partial charge in [0.1, 0.15) is 11.2 Å². The maximum Gasteiger partial charge on any atom is 0.410 e. The maximum absolute atomic E-state index is 13.0. The van der Waals surface area contributed by atoms with Crippen molar-refractivity contribution in [3.8, 4) is 36.0 Å². The molecule has 4 aromatic carbocycles. The highest BCUT2D eigenvalue weighted by molar-refractivity contribution is 6.18. The van der Waals surface area contributed by atoms with Crippen LogP contribution in [0.4, 0.5) is 21.0 Å². The summed E-state index contributed by atoms with van der Waals surface area (Å²) in [6.45, 7) is 11.8. The summed E-state index contributed by atoms with van der Waals surface area (Å²) >= 11 is 0. The molecule has 0 saturated heterocycles. The van der Waals surface area contributed by atoms with Gasteiger partial charge in [-0.15, -0.1) is 18.8 Å². The largest absolute Gasteiger partial charge is 0.444 e. The zero-order valence-corrected chi connectivity index (χ0v) is 47.9. The quantitative estimate of drug-likeness (QED) is 0.0681. The van der Waals surface area contributed by atoms with Crippen LogP contribution in [-0.4, -0.2) is 120 Å². The molecule has 2 aliphatic heterocycles. The van der Waals surface area contributed by atoms with Crippen LogP contribution < -0.4 is 26.8 Å². The summed E-state index contributed by atoms with van der Waals surface area (Å²) in [5.41, 5.74) is 12.3. The second-order valence-corrected chi connectivity index (χ2v) is 21.8. The second kappa shape index (κ2) is 26.9. The fourth-order valence-corrected chi connectivity index (χ4v) is 9.09. The lowest BCUT2D eigenvalue weighted by Gasteiger charge is -2.23. The van der Waals surface area contributed by atoms with Crippen molar-refractivity contribution < 1.29 is 38.2 Å². The van der Waals surface area contributed by atoms with Crippen LogP contribution in [0.2, 0.25) is 0 Å². The molecule has 19 nitrogen and oxygen atoms in total. The van der Waals surface area contributed by atoms with Crippen molar-refractivity contribution >= 4 is 93.8 Å². The third-order valence-electron chi connectivity index (χ3n) is 13.1. The minimum Gasteiger partial charge on any atom is -0.444 e. The first kappa shape index (κ1) is 62.8. The number of nitrogens with zero attached hydrogens (tertiary/aromatic N) is 4. The van der Waals surface area contributed by atoms with Crippen molar-refractivity contribution in [1.29, 1.82) is 0 Å². The van der Waals surface area contributed by atoms with Crippen LogP contribution in [0.5, 0.6) is 0 Å². The third-order valence-corrected chi connectivity index (χ3v) is 13.1. The lowest BCUT2D eigenvalue weighted by Crippen LogP contribution is -2.34. The Morgan fingerprint density at radius 3 is 1.46 bits per heavy atom. The zero-order chi connectivity index (χ0) is 58.2. The second-order valence-electron chi connectivity index (χ2n) is 21.8. The van der Waals surface area contributed by atoms with Crippen molar-refractivity contribution in [1.82, 2.24) is 35.9 Å². The van der Waals surface area contributed by atoms with Crippen molar-refractivity contribution in [2.45, 2.75) is 84.8 Å². The van der Waals surface area contributed by atoms with E-state index in [9.17, 15) is 28.8 Å². The van der Waals surface area contributed by atoms with E-state index < -0.39 is 17.3 Å². The first-order valence-electron chi connectivity index (χ1n) is 26.3. The van der Waals surface area contributed by atoms with Gasteiger partial charge >= 0.3 is 12.2 Å². The lowest BCUT2D eigenvalue weighted by atomic mass is 10.0. The van der Waals surface area contributed by atoms with Gasteiger partial charge in [0.15, 0.2) is 0 Å². The van der Waals surface area contributed by atoms with Gasteiger partial charge in [0.05, 0.1) is 54.6 Å². The van der Waals surface area contributed by atoms with Crippen LogP contribution >= 0.6 is 12.4 Å². The number of hydrogen-bond donors (Lipinski definition) is 7. The summed E-state index contributed by atoms with van der Waals surface area (Å²) in [6.07, 6.45) is 8.95. The van der Waals surface area contributed by atoms with Crippen LogP contribution in [0.3, 0.4) is 0 Å². The number of rotatable bonds is 9. The number of amides is 6. The Morgan fingerprint density at radius 2 is 1.06 bits per heavy atom. The molecular weight excluding hydrogens is 1070 g/mol. The zero-order valence-electron chi connectivity index (χ0n) is 47.1. The van der Waals surface area contributed by atoms with E-state index in [0.29, 0.717) is 56.9 Å². The molecule has 7 N–H and O–H groups in total. The maximum atomic E-state index is 13.0. The molecule has 20 heteroatoms. The molecule has 4 heterocycles. The molecule has 0 unspecified atom stereocenters. The predicted molar refractivity (Wildman–Crippen MR) is 327 cm³/mol. The summed E-state index contributed by atoms with van der Waals surface area (Å²) in [5, 5.41) is 18.4. The van der Waals surface area contributed by atoms with Crippen LogP contribution in [-0.2, 0) is 19.1 Å². The summed E-state index contributed by atoms with van der Waals surface area (Å²) in [7, 11) is 5.05. The minimum atomic E-state index is -0.597. The molecule has 0 bridgehead atoms. The SMILES string of the molecule is C.C#CCN(C)C(=O)OC(C)(C)C.CN(CC#Cc1[nH]c2cc(NC(=O)[C@@H]3C[C@H]3c3ccccc3)cc3c2c1C=NNC3=O)C(=O)OC(C)(C)C.CNCC#Cc1[nH]c2cc(NC(=O)[C@@H]3C[C@H]3c3ccccc3)cc3c2c1C=NNC3=O.Cl. The molecular formula is C63H70ClN11O8. The number of nitrogens with one attached hydrogen (secondary N) is 7. The number of hydrazone groups is 2. The Kier molecular flexibility index (Phi) is 20.4. The van der Waals surface area contributed by atoms with Crippen LogP contribution in [0.15, 0.2) is 95.1 Å². The van der Waals surface area contributed by atoms with Gasteiger partial charge in [0, 0.05) is 70.2 Å². The minimum absolute atomic E-state index is 0. The van der Waals surface area contributed by atoms with E-state index in [-0.39, 0.29) is 86.3 Å². The van der Waals surface area contributed by atoms with Crippen molar-refractivity contribution in [2.75, 3.05) is 51.4 Å². The number of benzene rings is 4. The summed E-state index contributed by atoms with van der Waals surface area (Å²) in [4.78, 5) is 83.8. The number of halogens is 1. The fraction of sp³-hybridized carbons (Fsp3) is 0.333. The number of aromatic amines is 2. The van der Waals surface area contributed by atoms with E-state index >= 15 is 0 Å². The number of terminal acetylenes is 1. The molecule has 2 aliphatic carbocycles. The smallest absolute Gasteiger partial charge is 0.410 e. The molecule has 2 saturated carbocycles. The summed E-state index contributed by atoms with van der Waals surface area (Å²) < 4.78 is 10.4. The van der Waals surface area contributed by atoms with E-state index in [4.69, 9.17) is 15.9 Å². The van der Waals surface area contributed by atoms with Gasteiger partial charge in [-0.05, 0) is 121 Å². The van der Waals surface area contributed by atoms with Gasteiger partial charge in [-0.2, -0.15) is 10.2 Å². The normalized spacial score (nSPS) is 16.5. The molecule has 0 spiro atoms. The highest BCUT2D eigenvalue weighted by Gasteiger charge is 2.45. The summed E-state index contributed by atoms with van der Waals surface area (Å²) in [6, 6.07) is 27.1. The van der Waals surface area contributed by atoms with Gasteiger partial charge < -0.3 is 45.2 Å². The van der Waals surface area contributed by atoms with Gasteiger partial charge in [0.2, 0.25) is 11.8 Å². The average molecular weight is 1140 g/mol. The number of aromatic nitrogens is 2. The fourth-order valence-electron chi connectivity index (χ4n) is 9.09. The van der Waals surface area contributed by atoms with Crippen molar-refractivity contribution in [3.63, 3.8) is 0 Å². The topological polar surface area (TPSA) is 244 Å². The summed E-state index contributed by atoms with van der Waals surface area (Å²) in [5.74, 6) is 14.0. The van der Waals surface area contributed by atoms with Gasteiger partial charge in [-0.1, -0.05) is 85.9 Å². The van der Waals surface area contributed by atoms with E-state index in [2.05, 4.69) is 88.7 Å². The number of carbonyl (C=O) groups is 6. The Balaban J connectivity index is 0.000000221. The first-order chi connectivity index (χ1) is 38.6. The lowest BCUT2D eigenvalue weighted by molar-refractivity contribution is -0.118. The van der Waals surface area contributed by atoms with E-state index in [1.165, 1.54) is 15.4 Å². The number of hydrogen-bond acceptors (Lipinski definition) is 11. The van der Waals surface area contributed by atoms with Crippen molar-refractivity contribution in [3.05, 3.63) is 130 Å². The van der Waals surface area contributed by atoms with E-state index in [0.717, 1.165) is 34.9 Å². The van der Waals surface area contributed by atoms with E-state index in [1.807, 2.05) is 82.4 Å². The Labute approximate surface area is 489 Å². The molecule has 6 aromatic rings. The standard InChI is InChI=1S/C29H29N5O4.C24H21N5O2.C9H15NO2.CH4.ClH/c1-29(2,3)38-28(37)34(4)12-8-11-23-22-16-30-33-27(36)21-13-18(14-24(32-23)25(21)22)31-26(35)20-15-19(20)17-9-6-5-7-10-17;1-25-9-5-8-20-19-13-26-29-24(31)18-10-15(11-21(28-20)22(18)19)27-23(30)17-12-16(17)14-6-3-2-4-7-14;1-6-7-10(5)8(11)12-9(2,3)4;;/h5-7,9-10,13-14,16,19-20,32H,12,15H2,1-4H3,(H,31,35)(H,33,36);2-4,6-7,10-11,13,16-17,25,28H,9,12H2,1H3,(H,27,30)(H,29,31);1H,7H2,2-5H3;1H4;1H/t19-,20+;16-,17+;;;/m00.../s1. The van der Waals surface area contributed by atoms with Gasteiger partial charge in [0.25, 0.3) is 11.8 Å². The molecule has 83 heavy (non-hydrogen) atoms. The number of H-pyrrole nitrogens is 2. The molecule has 6 amide bonds. The molecule has 0 radical (unpaired) electrons. The monoisotopic (exact) mass is 1140 g/mol. The van der Waals surface area contributed by atoms with Gasteiger partial charge in [-0.25, -0.2) is 20.4 Å². The molecule has 4 atom stereocenters. The van der Waals surface area contributed by atoms with Crippen LogP contribution in [0.1, 0.15) is 128 Å². The highest BCUT2D eigenvalue weighted by Crippen LogP contribution is 2.49. The van der Waals surface area contributed by atoms with Crippen LogP contribution in [0.25, 0.3) is 21.8 Å². The average Bonchev–Trinajstić information content (AvgIpc) is 4.41. The van der Waals surface area contributed by atoms with Crippen LogP contribution in [0, 0.1) is 47.9 Å². The number of carbonyl (C=O) groups excluding carboxylic acids is 6. The molecule has 10 rings (SSSR count). The van der Waals surface area contributed by atoms with Gasteiger partial charge in [-0.3, -0.25) is 19.2 Å². The molecule has 432 valence electrons. The third kappa shape index (κ3) is 16.0. The Morgan fingerprint density at radius 1 is 0.651 bits per heavy atom. The highest BCUT2D eigenvalue weighted by atomic mass is 35.5. The molecule has 4 aliphatic rings. The molecule has 2 aromatic heterocycles. The van der Waals surface area contributed by atoms with E-state index in [1.54, 1.807) is 65.5 Å². The first-order valence-corrected chi connectivity index (χ1v) is 26.3. The predicted octanol–water partition coefficient (Wildman–Crippen LogP) is 9.31. The number of anilines is 2. The van der Waals surface area contributed by atoms with Crippen molar-refractivity contribution in [2.24, 2.45) is 22.0 Å². The number of ether oxygens (including phenoxy) is 2.